The number of aryl methyl sites for hydroxylation is 2. The van der Waals surface area contributed by atoms with Crippen LogP contribution in [0.25, 0.3) is 6.08 Å². The molecule has 5 rings (SSSR count). The molecule has 0 amide bonds. The lowest BCUT2D eigenvalue weighted by atomic mass is 9.55. The zero-order valence-electron chi connectivity index (χ0n) is 17.9. The van der Waals surface area contributed by atoms with Gasteiger partial charge >= 0.3 is 0 Å². The van der Waals surface area contributed by atoms with Gasteiger partial charge in [0.05, 0.1) is 13.3 Å². The number of fused-ring (bicyclic) bond motifs is 5. The Morgan fingerprint density at radius 3 is 2.97 bits per heavy atom. The van der Waals surface area contributed by atoms with E-state index < -0.39 is 0 Å². The van der Waals surface area contributed by atoms with Crippen LogP contribution in [0.4, 0.5) is 0 Å². The number of hydrogen-bond donors (Lipinski definition) is 0. The Hall–Kier alpha value is -2.29. The van der Waals surface area contributed by atoms with Gasteiger partial charge in [-0.3, -0.25) is 4.68 Å². The highest BCUT2D eigenvalue weighted by Crippen LogP contribution is 2.64. The van der Waals surface area contributed by atoms with Crippen LogP contribution in [0.3, 0.4) is 0 Å². The smallest absolute Gasteiger partial charge is 0.119 e. The van der Waals surface area contributed by atoms with Crippen LogP contribution in [0.15, 0.2) is 48.3 Å². The number of nitrogens with zero attached hydrogens (tertiary/aromatic N) is 2. The van der Waals surface area contributed by atoms with Crippen molar-refractivity contribution in [1.82, 2.24) is 9.78 Å². The van der Waals surface area contributed by atoms with E-state index in [1.807, 2.05) is 10.9 Å². The predicted molar refractivity (Wildman–Crippen MR) is 118 cm³/mol. The van der Waals surface area contributed by atoms with Gasteiger partial charge in [-0.15, -0.1) is 0 Å². The monoisotopic (exact) mass is 388 g/mol. The van der Waals surface area contributed by atoms with E-state index in [1.165, 1.54) is 54.4 Å². The van der Waals surface area contributed by atoms with Gasteiger partial charge in [-0.2, -0.15) is 5.10 Å². The Morgan fingerprint density at radius 2 is 2.21 bits per heavy atom. The molecule has 1 aromatic heterocycles. The van der Waals surface area contributed by atoms with Crippen LogP contribution in [0.2, 0.25) is 0 Å². The molecule has 29 heavy (non-hydrogen) atoms. The lowest BCUT2D eigenvalue weighted by Gasteiger charge is -2.49. The summed E-state index contributed by atoms with van der Waals surface area (Å²) in [6.07, 6.45) is 12.6. The standard InChI is InChI=1S/C26H32N2O/c1-5-28-16-18(15-27-28)12-20-14-25-24-8-6-19-13-21(29-4)7-9-22(19)23(24)10-11-26(25,3)17(20)2/h7,9,12-13,15-16,23-25H,2,5-6,8,10-11,14H2,1,3-4H3/b20-12+. The molecule has 4 unspecified atom stereocenters. The van der Waals surface area contributed by atoms with Gasteiger partial charge in [-0.1, -0.05) is 19.6 Å². The second-order valence-electron chi connectivity index (χ2n) is 9.42. The Morgan fingerprint density at radius 1 is 1.34 bits per heavy atom. The van der Waals surface area contributed by atoms with Crippen LogP contribution in [-0.4, -0.2) is 16.9 Å². The molecule has 0 N–H and O–H groups in total. The lowest BCUT2D eigenvalue weighted by molar-refractivity contribution is 0.0821. The number of rotatable bonds is 3. The molecule has 4 atom stereocenters. The SMILES string of the molecule is C=C1/C(=C/c2cnn(CC)c2)CC2C3CCc4cc(OC)ccc4C3CCC12C. The molecule has 2 aromatic rings. The first kappa shape index (κ1) is 18.7. The van der Waals surface area contributed by atoms with Gasteiger partial charge < -0.3 is 4.74 Å². The molecule has 2 fully saturated rings. The molecule has 0 aliphatic heterocycles. The van der Waals surface area contributed by atoms with Crippen LogP contribution in [0.5, 0.6) is 5.75 Å². The quantitative estimate of drug-likeness (QED) is 0.643. The first-order valence-corrected chi connectivity index (χ1v) is 11.1. The molecule has 0 bridgehead atoms. The average molecular weight is 389 g/mol. The third-order valence-corrected chi connectivity index (χ3v) is 8.16. The maximum Gasteiger partial charge on any atom is 0.119 e. The van der Waals surface area contributed by atoms with Gasteiger partial charge in [0.15, 0.2) is 0 Å². The minimum atomic E-state index is 0.248. The molecule has 2 saturated carbocycles. The van der Waals surface area contributed by atoms with E-state index in [2.05, 4.69) is 56.0 Å². The highest BCUT2D eigenvalue weighted by Gasteiger charge is 2.53. The first-order valence-electron chi connectivity index (χ1n) is 11.1. The Kier molecular flexibility index (Phi) is 4.45. The van der Waals surface area contributed by atoms with Crippen LogP contribution in [0, 0.1) is 17.3 Å². The Bertz CT molecular complexity index is 984. The molecule has 3 aliphatic rings. The van der Waals surface area contributed by atoms with Crippen molar-refractivity contribution in [2.75, 3.05) is 7.11 Å². The highest BCUT2D eigenvalue weighted by atomic mass is 16.5. The van der Waals surface area contributed by atoms with Crippen LogP contribution < -0.4 is 4.74 Å². The summed E-state index contributed by atoms with van der Waals surface area (Å²) in [7, 11) is 1.77. The number of ether oxygens (including phenoxy) is 1. The summed E-state index contributed by atoms with van der Waals surface area (Å²) in [5.41, 5.74) is 7.38. The fourth-order valence-electron chi connectivity index (χ4n) is 6.46. The van der Waals surface area contributed by atoms with Gasteiger partial charge in [0.1, 0.15) is 5.75 Å². The van der Waals surface area contributed by atoms with Gasteiger partial charge in [0.25, 0.3) is 0 Å². The molecule has 152 valence electrons. The van der Waals surface area contributed by atoms with E-state index in [4.69, 9.17) is 4.74 Å². The van der Waals surface area contributed by atoms with Crippen molar-refractivity contribution in [3.8, 4) is 5.75 Å². The van der Waals surface area contributed by atoms with Crippen LogP contribution in [0.1, 0.15) is 62.1 Å². The Balaban J connectivity index is 1.46. The molecular weight excluding hydrogens is 356 g/mol. The largest absolute Gasteiger partial charge is 0.497 e. The number of aromatic nitrogens is 2. The summed E-state index contributed by atoms with van der Waals surface area (Å²) < 4.78 is 7.47. The summed E-state index contributed by atoms with van der Waals surface area (Å²) >= 11 is 0. The van der Waals surface area contributed by atoms with Crippen LogP contribution in [-0.2, 0) is 13.0 Å². The minimum Gasteiger partial charge on any atom is -0.497 e. The molecule has 0 spiro atoms. The van der Waals surface area contributed by atoms with Crippen molar-refractivity contribution in [2.24, 2.45) is 17.3 Å². The topological polar surface area (TPSA) is 27.1 Å². The van der Waals surface area contributed by atoms with Crippen molar-refractivity contribution in [2.45, 2.75) is 58.4 Å². The van der Waals surface area contributed by atoms with Crippen molar-refractivity contribution in [1.29, 1.82) is 0 Å². The van der Waals surface area contributed by atoms with Gasteiger partial charge in [0.2, 0.25) is 0 Å². The van der Waals surface area contributed by atoms with Crippen molar-refractivity contribution < 1.29 is 4.74 Å². The maximum atomic E-state index is 5.47. The van der Waals surface area contributed by atoms with E-state index in [9.17, 15) is 0 Å². The highest BCUT2D eigenvalue weighted by molar-refractivity contribution is 5.61. The molecule has 3 heteroatoms. The van der Waals surface area contributed by atoms with E-state index in [-0.39, 0.29) is 5.41 Å². The fourth-order valence-corrected chi connectivity index (χ4v) is 6.46. The predicted octanol–water partition coefficient (Wildman–Crippen LogP) is 6.02. The maximum absolute atomic E-state index is 5.47. The molecule has 1 heterocycles. The first-order chi connectivity index (χ1) is 14.0. The second-order valence-corrected chi connectivity index (χ2v) is 9.42. The number of hydrogen-bond acceptors (Lipinski definition) is 2. The zero-order valence-corrected chi connectivity index (χ0v) is 17.9. The second kappa shape index (κ2) is 6.90. The molecule has 0 radical (unpaired) electrons. The normalized spacial score (nSPS) is 32.0. The van der Waals surface area contributed by atoms with Crippen LogP contribution >= 0.6 is 0 Å². The van der Waals surface area contributed by atoms with E-state index >= 15 is 0 Å². The summed E-state index contributed by atoms with van der Waals surface area (Å²) in [5.74, 6) is 3.15. The lowest BCUT2D eigenvalue weighted by Crippen LogP contribution is -2.40. The number of methoxy groups -OCH3 is 1. The summed E-state index contributed by atoms with van der Waals surface area (Å²) in [4.78, 5) is 0. The molecular formula is C26H32N2O. The molecule has 1 aromatic carbocycles. The third-order valence-electron chi connectivity index (χ3n) is 8.16. The summed E-state index contributed by atoms with van der Waals surface area (Å²) in [5, 5.41) is 4.45. The third kappa shape index (κ3) is 2.89. The fraction of sp³-hybridized carbons (Fsp3) is 0.500. The summed E-state index contributed by atoms with van der Waals surface area (Å²) in [6, 6.07) is 6.76. The van der Waals surface area contributed by atoms with Crippen molar-refractivity contribution in [3.05, 3.63) is 65.0 Å². The van der Waals surface area contributed by atoms with Crippen molar-refractivity contribution >= 4 is 6.08 Å². The van der Waals surface area contributed by atoms with Gasteiger partial charge in [-0.25, -0.2) is 0 Å². The van der Waals surface area contributed by atoms with Gasteiger partial charge in [0, 0.05) is 18.3 Å². The van der Waals surface area contributed by atoms with E-state index in [0.717, 1.165) is 18.2 Å². The zero-order chi connectivity index (χ0) is 20.2. The summed E-state index contributed by atoms with van der Waals surface area (Å²) in [6.45, 7) is 10.1. The van der Waals surface area contributed by atoms with E-state index in [0.29, 0.717) is 11.8 Å². The Labute approximate surface area is 174 Å². The molecule has 3 nitrogen and oxygen atoms in total. The molecule has 0 saturated heterocycles. The van der Waals surface area contributed by atoms with E-state index in [1.54, 1.807) is 12.7 Å². The van der Waals surface area contributed by atoms with Gasteiger partial charge in [-0.05, 0) is 103 Å². The molecule has 3 aliphatic carbocycles. The minimum absolute atomic E-state index is 0.248. The number of benzene rings is 1. The van der Waals surface area contributed by atoms with Crippen molar-refractivity contribution in [3.63, 3.8) is 0 Å². The average Bonchev–Trinajstić information content (AvgIpc) is 3.30. The number of allylic oxidation sites excluding steroid dienone is 2.